The summed E-state index contributed by atoms with van der Waals surface area (Å²) in [5, 5.41) is 6.21. The van der Waals surface area contributed by atoms with Crippen molar-refractivity contribution >= 4 is 17.6 Å². The summed E-state index contributed by atoms with van der Waals surface area (Å²) in [4.78, 5) is 11.9. The Hall–Kier alpha value is -2.60. The highest BCUT2D eigenvalue weighted by molar-refractivity contribution is 6.30. The van der Waals surface area contributed by atoms with Gasteiger partial charge in [-0.1, -0.05) is 17.7 Å². The Morgan fingerprint density at radius 2 is 1.81 bits per heavy atom. The molecule has 0 aromatic heterocycles. The first-order valence-corrected chi connectivity index (χ1v) is 8.87. The number of hydrogen-bond donors (Lipinski definition) is 2. The maximum absolute atomic E-state index is 11.9. The molecule has 0 atom stereocenters. The Kier molecular flexibility index (Phi) is 6.44. The predicted molar refractivity (Wildman–Crippen MR) is 99.2 cm³/mol. The van der Waals surface area contributed by atoms with E-state index in [2.05, 4.69) is 10.6 Å². The lowest BCUT2D eigenvalue weighted by Crippen LogP contribution is -2.37. The van der Waals surface area contributed by atoms with Gasteiger partial charge in [-0.25, -0.2) is 4.79 Å². The van der Waals surface area contributed by atoms with Gasteiger partial charge in [-0.05, 0) is 42.0 Å². The van der Waals surface area contributed by atoms with Crippen LogP contribution in [-0.4, -0.2) is 32.4 Å². The van der Waals surface area contributed by atoms with E-state index in [-0.39, 0.29) is 6.03 Å². The van der Waals surface area contributed by atoms with Gasteiger partial charge in [-0.3, -0.25) is 0 Å². The summed E-state index contributed by atoms with van der Waals surface area (Å²) < 4.78 is 16.8. The van der Waals surface area contributed by atoms with Gasteiger partial charge in [0.05, 0.1) is 19.8 Å². The average Bonchev–Trinajstić information content (AvgIpc) is 2.90. The fourth-order valence-corrected chi connectivity index (χ4v) is 2.55. The first-order chi connectivity index (χ1) is 12.7. The topological polar surface area (TPSA) is 68.8 Å². The molecule has 7 heteroatoms. The number of hydrogen-bond acceptors (Lipinski definition) is 4. The van der Waals surface area contributed by atoms with Gasteiger partial charge in [0.2, 0.25) is 0 Å². The van der Waals surface area contributed by atoms with Crippen LogP contribution in [0.1, 0.15) is 12.0 Å². The fourth-order valence-electron chi connectivity index (χ4n) is 2.43. The first kappa shape index (κ1) is 18.2. The monoisotopic (exact) mass is 376 g/mol. The summed E-state index contributed by atoms with van der Waals surface area (Å²) in [5.41, 5.74) is 0.946. The number of rotatable bonds is 6. The van der Waals surface area contributed by atoms with Gasteiger partial charge in [0.1, 0.15) is 12.4 Å². The second kappa shape index (κ2) is 9.20. The van der Waals surface area contributed by atoms with Crippen LogP contribution in [0.15, 0.2) is 42.5 Å². The zero-order valence-electron chi connectivity index (χ0n) is 14.3. The number of carbonyl (C=O) groups excluding carboxylic acids is 1. The molecule has 1 heterocycles. The maximum Gasteiger partial charge on any atom is 0.315 e. The van der Waals surface area contributed by atoms with Crippen LogP contribution in [0.3, 0.4) is 0 Å². The van der Waals surface area contributed by atoms with Crippen molar-refractivity contribution < 1.29 is 19.0 Å². The lowest BCUT2D eigenvalue weighted by Gasteiger charge is -2.11. The minimum absolute atomic E-state index is 0.253. The molecule has 6 nitrogen and oxygen atoms in total. The van der Waals surface area contributed by atoms with E-state index >= 15 is 0 Å². The molecule has 0 radical (unpaired) electrons. The lowest BCUT2D eigenvalue weighted by atomic mass is 10.2. The van der Waals surface area contributed by atoms with Crippen LogP contribution in [0.5, 0.6) is 17.2 Å². The van der Waals surface area contributed by atoms with E-state index in [4.69, 9.17) is 25.8 Å². The second-order valence-electron chi connectivity index (χ2n) is 5.74. The van der Waals surface area contributed by atoms with Crippen molar-refractivity contribution in [1.29, 1.82) is 0 Å². The minimum atomic E-state index is -0.253. The van der Waals surface area contributed by atoms with Crippen LogP contribution < -0.4 is 24.8 Å². The van der Waals surface area contributed by atoms with E-state index in [0.717, 1.165) is 23.5 Å². The SMILES string of the molecule is O=C(NCCOc1ccc(Cl)cc1)NCc1ccc2c(c1)OCCCO2. The number of benzene rings is 2. The predicted octanol–water partition coefficient (Wildman–Crippen LogP) is 3.38. The molecule has 1 aliphatic rings. The normalized spacial score (nSPS) is 12.8. The zero-order chi connectivity index (χ0) is 18.2. The largest absolute Gasteiger partial charge is 0.492 e. The molecule has 2 aromatic rings. The van der Waals surface area contributed by atoms with Crippen molar-refractivity contribution in [2.24, 2.45) is 0 Å². The molecule has 0 aliphatic carbocycles. The van der Waals surface area contributed by atoms with Crippen LogP contribution >= 0.6 is 11.6 Å². The van der Waals surface area contributed by atoms with Gasteiger partial charge in [-0.15, -0.1) is 0 Å². The number of urea groups is 1. The molecule has 0 saturated carbocycles. The van der Waals surface area contributed by atoms with E-state index in [1.54, 1.807) is 24.3 Å². The Labute approximate surface area is 157 Å². The van der Waals surface area contributed by atoms with Gasteiger partial charge in [0.25, 0.3) is 0 Å². The van der Waals surface area contributed by atoms with Crippen molar-refractivity contribution in [3.8, 4) is 17.2 Å². The highest BCUT2D eigenvalue weighted by Crippen LogP contribution is 2.30. The molecule has 2 amide bonds. The molecule has 0 bridgehead atoms. The third-order valence-corrected chi connectivity index (χ3v) is 3.99. The molecule has 1 aliphatic heterocycles. The third-order valence-electron chi connectivity index (χ3n) is 3.73. The smallest absolute Gasteiger partial charge is 0.315 e. The molecule has 0 saturated heterocycles. The number of carbonyl (C=O) groups is 1. The molecule has 138 valence electrons. The highest BCUT2D eigenvalue weighted by atomic mass is 35.5. The van der Waals surface area contributed by atoms with Crippen molar-refractivity contribution in [3.63, 3.8) is 0 Å². The summed E-state index contributed by atoms with van der Waals surface area (Å²) in [6, 6.07) is 12.5. The highest BCUT2D eigenvalue weighted by Gasteiger charge is 2.11. The summed E-state index contributed by atoms with van der Waals surface area (Å²) in [5.74, 6) is 2.18. The average molecular weight is 377 g/mol. The van der Waals surface area contributed by atoms with Crippen molar-refractivity contribution in [2.45, 2.75) is 13.0 Å². The van der Waals surface area contributed by atoms with E-state index in [1.165, 1.54) is 0 Å². The summed E-state index contributed by atoms with van der Waals surface area (Å²) in [6.45, 7) is 2.47. The van der Waals surface area contributed by atoms with Gasteiger partial charge < -0.3 is 24.8 Å². The van der Waals surface area contributed by atoms with Crippen LogP contribution in [0.4, 0.5) is 4.79 Å². The van der Waals surface area contributed by atoms with E-state index in [0.29, 0.717) is 43.7 Å². The number of halogens is 1. The summed E-state index contributed by atoms with van der Waals surface area (Å²) >= 11 is 5.81. The van der Waals surface area contributed by atoms with Crippen LogP contribution in [0.25, 0.3) is 0 Å². The van der Waals surface area contributed by atoms with E-state index < -0.39 is 0 Å². The Bertz CT molecular complexity index is 737. The van der Waals surface area contributed by atoms with Crippen molar-refractivity contribution in [3.05, 3.63) is 53.1 Å². The fraction of sp³-hybridized carbons (Fsp3) is 0.316. The number of nitrogens with one attached hydrogen (secondary N) is 2. The molecular formula is C19H21ClN2O4. The minimum Gasteiger partial charge on any atom is -0.492 e. The summed E-state index contributed by atoms with van der Waals surface area (Å²) in [6.07, 6.45) is 0.864. The zero-order valence-corrected chi connectivity index (χ0v) is 15.1. The number of fused-ring (bicyclic) bond motifs is 1. The second-order valence-corrected chi connectivity index (χ2v) is 6.18. The molecule has 0 spiro atoms. The number of amides is 2. The molecular weight excluding hydrogens is 356 g/mol. The molecule has 26 heavy (non-hydrogen) atoms. The van der Waals surface area contributed by atoms with Crippen LogP contribution in [0.2, 0.25) is 5.02 Å². The lowest BCUT2D eigenvalue weighted by molar-refractivity contribution is 0.236. The quantitative estimate of drug-likeness (QED) is 0.758. The van der Waals surface area contributed by atoms with Crippen LogP contribution in [0, 0.1) is 0 Å². The van der Waals surface area contributed by atoms with Crippen molar-refractivity contribution in [1.82, 2.24) is 10.6 Å². The van der Waals surface area contributed by atoms with Crippen LogP contribution in [-0.2, 0) is 6.54 Å². The summed E-state index contributed by atoms with van der Waals surface area (Å²) in [7, 11) is 0. The molecule has 2 aromatic carbocycles. The van der Waals surface area contributed by atoms with Gasteiger partial charge in [0, 0.05) is 18.0 Å². The number of ether oxygens (including phenoxy) is 3. The molecule has 0 unspecified atom stereocenters. The Balaban J connectivity index is 1.37. The van der Waals surface area contributed by atoms with Crippen molar-refractivity contribution in [2.75, 3.05) is 26.4 Å². The van der Waals surface area contributed by atoms with E-state index in [9.17, 15) is 4.79 Å². The standard InChI is InChI=1S/C19H21ClN2O4/c20-15-3-5-16(6-4-15)24-11-8-21-19(23)22-13-14-2-7-17-18(12-14)26-10-1-9-25-17/h2-7,12H,1,8-11,13H2,(H2,21,22,23). The first-order valence-electron chi connectivity index (χ1n) is 8.49. The molecule has 2 N–H and O–H groups in total. The third kappa shape index (κ3) is 5.46. The van der Waals surface area contributed by atoms with E-state index in [1.807, 2.05) is 18.2 Å². The molecule has 3 rings (SSSR count). The maximum atomic E-state index is 11.9. The Morgan fingerprint density at radius 3 is 2.62 bits per heavy atom. The van der Waals surface area contributed by atoms with Gasteiger partial charge >= 0.3 is 6.03 Å². The molecule has 0 fully saturated rings. The van der Waals surface area contributed by atoms with Gasteiger partial charge in [0.15, 0.2) is 11.5 Å². The Morgan fingerprint density at radius 1 is 1.04 bits per heavy atom. The van der Waals surface area contributed by atoms with Gasteiger partial charge in [-0.2, -0.15) is 0 Å².